The summed E-state index contributed by atoms with van der Waals surface area (Å²) in [5, 5.41) is 11.7. The van der Waals surface area contributed by atoms with Crippen LogP contribution in [-0.4, -0.2) is 42.3 Å². The Kier molecular flexibility index (Phi) is 5.58. The monoisotopic (exact) mass is 357 g/mol. The fraction of sp³-hybridized carbons (Fsp3) is 0.429. The van der Waals surface area contributed by atoms with E-state index in [1.165, 1.54) is 0 Å². The molecule has 2 rings (SSSR count). The minimum absolute atomic E-state index is 0.107. The Morgan fingerprint density at radius 3 is 2.71 bits per heavy atom. The van der Waals surface area contributed by atoms with Crippen LogP contribution < -0.4 is 10.1 Å². The zero-order valence-electron chi connectivity index (χ0n) is 11.3. The molecule has 1 amide bonds. The maximum atomic E-state index is 11.8. The molecule has 6 nitrogen and oxygen atoms in total. The number of halogens is 1. The van der Waals surface area contributed by atoms with E-state index in [9.17, 15) is 9.59 Å². The number of amides is 1. The second kappa shape index (κ2) is 7.42. The summed E-state index contributed by atoms with van der Waals surface area (Å²) in [4.78, 5) is 23.0. The van der Waals surface area contributed by atoms with Gasteiger partial charge in [0, 0.05) is 11.1 Å². The average molecular weight is 358 g/mol. The molecule has 0 aliphatic carbocycles. The van der Waals surface area contributed by atoms with Crippen molar-refractivity contribution in [2.24, 2.45) is 0 Å². The summed E-state index contributed by atoms with van der Waals surface area (Å²) in [5.74, 6) is -0.999. The minimum atomic E-state index is -1.14. The van der Waals surface area contributed by atoms with Crippen LogP contribution in [0.15, 0.2) is 28.7 Å². The van der Waals surface area contributed by atoms with Crippen LogP contribution >= 0.6 is 15.9 Å². The number of benzene rings is 1. The van der Waals surface area contributed by atoms with E-state index in [2.05, 4.69) is 21.2 Å². The topological polar surface area (TPSA) is 84.9 Å². The zero-order chi connectivity index (χ0) is 15.2. The molecule has 1 aromatic carbocycles. The van der Waals surface area contributed by atoms with Crippen molar-refractivity contribution in [2.75, 3.05) is 13.2 Å². The normalized spacial score (nSPS) is 19.0. The molecular weight excluding hydrogens is 342 g/mol. The van der Waals surface area contributed by atoms with E-state index >= 15 is 0 Å². The number of carboxylic acids is 1. The smallest absolute Gasteiger partial charge is 0.346 e. The van der Waals surface area contributed by atoms with Gasteiger partial charge in [0.25, 0.3) is 0 Å². The van der Waals surface area contributed by atoms with Crippen molar-refractivity contribution in [3.05, 3.63) is 28.7 Å². The molecule has 2 atom stereocenters. The third kappa shape index (κ3) is 4.71. The van der Waals surface area contributed by atoms with E-state index in [4.69, 9.17) is 14.6 Å². The van der Waals surface area contributed by atoms with Gasteiger partial charge in [-0.3, -0.25) is 4.79 Å². The molecule has 1 aromatic rings. The highest BCUT2D eigenvalue weighted by Crippen LogP contribution is 2.17. The van der Waals surface area contributed by atoms with Crippen molar-refractivity contribution in [1.29, 1.82) is 0 Å². The third-order valence-corrected chi connectivity index (χ3v) is 3.58. The van der Waals surface area contributed by atoms with Gasteiger partial charge < -0.3 is 19.9 Å². The number of carbonyl (C=O) groups excluding carboxylic acids is 1. The largest absolute Gasteiger partial charge is 0.478 e. The summed E-state index contributed by atoms with van der Waals surface area (Å²) in [5.41, 5.74) is 0. The molecule has 114 valence electrons. The second-order valence-corrected chi connectivity index (χ2v) is 5.56. The minimum Gasteiger partial charge on any atom is -0.478 e. The fourth-order valence-electron chi connectivity index (χ4n) is 1.95. The molecule has 1 aliphatic rings. The number of ether oxygens (including phenoxy) is 2. The number of aliphatic carboxylic acids is 1. The van der Waals surface area contributed by atoms with Crippen LogP contribution in [0.4, 0.5) is 0 Å². The summed E-state index contributed by atoms with van der Waals surface area (Å²) < 4.78 is 11.5. The molecule has 7 heteroatoms. The molecule has 0 radical (unpaired) electrons. The van der Waals surface area contributed by atoms with Crippen LogP contribution in [0, 0.1) is 0 Å². The van der Waals surface area contributed by atoms with Gasteiger partial charge in [0.15, 0.2) is 0 Å². The zero-order valence-corrected chi connectivity index (χ0v) is 12.8. The summed E-state index contributed by atoms with van der Waals surface area (Å²) >= 11 is 3.29. The number of hydrogen-bond acceptors (Lipinski definition) is 4. The van der Waals surface area contributed by atoms with Crippen LogP contribution in [-0.2, 0) is 14.3 Å². The van der Waals surface area contributed by atoms with Gasteiger partial charge in [-0.2, -0.15) is 0 Å². The van der Waals surface area contributed by atoms with Crippen LogP contribution in [0.25, 0.3) is 0 Å². The molecule has 2 N–H and O–H groups in total. The number of nitrogens with one attached hydrogen (secondary N) is 1. The summed E-state index contributed by atoms with van der Waals surface area (Å²) in [6.45, 7) is 0.458. The Bertz CT molecular complexity index is 499. The third-order valence-electron chi connectivity index (χ3n) is 3.05. The highest BCUT2D eigenvalue weighted by atomic mass is 79.9. The van der Waals surface area contributed by atoms with E-state index in [1.807, 2.05) is 0 Å². The maximum absolute atomic E-state index is 11.8. The highest BCUT2D eigenvalue weighted by Gasteiger charge is 2.26. The predicted octanol–water partition coefficient (Wildman–Crippen LogP) is 1.58. The van der Waals surface area contributed by atoms with Crippen molar-refractivity contribution in [3.8, 4) is 5.75 Å². The Labute approximate surface area is 130 Å². The Morgan fingerprint density at radius 2 is 2.14 bits per heavy atom. The van der Waals surface area contributed by atoms with Crippen LogP contribution in [0.5, 0.6) is 5.75 Å². The first-order valence-corrected chi connectivity index (χ1v) is 7.40. The molecule has 1 saturated heterocycles. The van der Waals surface area contributed by atoms with Gasteiger partial charge in [0.05, 0.1) is 6.54 Å². The molecular formula is C14H16BrNO5. The molecule has 0 spiro atoms. The lowest BCUT2D eigenvalue weighted by atomic mass is 10.2. The number of carboxylic acid groups (broad SMARTS) is 1. The van der Waals surface area contributed by atoms with Crippen molar-refractivity contribution < 1.29 is 24.2 Å². The molecule has 21 heavy (non-hydrogen) atoms. The van der Waals surface area contributed by atoms with Gasteiger partial charge >= 0.3 is 5.97 Å². The second-order valence-electron chi connectivity index (χ2n) is 4.65. The van der Waals surface area contributed by atoms with Gasteiger partial charge in [-0.25, -0.2) is 4.79 Å². The average Bonchev–Trinajstić information content (AvgIpc) is 2.99. The Morgan fingerprint density at radius 1 is 1.43 bits per heavy atom. The Hall–Kier alpha value is -1.60. The van der Waals surface area contributed by atoms with Gasteiger partial charge in [-0.05, 0) is 37.1 Å². The fourth-order valence-corrected chi connectivity index (χ4v) is 2.21. The summed E-state index contributed by atoms with van der Waals surface area (Å²) in [6.07, 6.45) is -0.115. The van der Waals surface area contributed by atoms with Crippen molar-refractivity contribution in [3.63, 3.8) is 0 Å². The molecule has 0 aromatic heterocycles. The van der Waals surface area contributed by atoms with Crippen molar-refractivity contribution >= 4 is 27.8 Å². The van der Waals surface area contributed by atoms with Gasteiger partial charge in [0.2, 0.25) is 12.0 Å². The van der Waals surface area contributed by atoms with Crippen molar-refractivity contribution in [1.82, 2.24) is 5.32 Å². The van der Waals surface area contributed by atoms with E-state index in [0.29, 0.717) is 18.8 Å². The molecule has 0 bridgehead atoms. The first-order valence-electron chi connectivity index (χ1n) is 6.60. The summed E-state index contributed by atoms with van der Waals surface area (Å²) in [6, 6.07) is 6.81. The van der Waals surface area contributed by atoms with Gasteiger partial charge in [-0.15, -0.1) is 0 Å². The quantitative estimate of drug-likeness (QED) is 0.807. The lowest BCUT2D eigenvalue weighted by Crippen LogP contribution is -2.43. The SMILES string of the molecule is O=C(O)C(CNC(=O)C1CCCO1)Oc1ccc(Br)cc1. The molecule has 0 saturated carbocycles. The number of hydrogen-bond donors (Lipinski definition) is 2. The van der Waals surface area contributed by atoms with Gasteiger partial charge in [-0.1, -0.05) is 15.9 Å². The maximum Gasteiger partial charge on any atom is 0.346 e. The number of rotatable bonds is 6. The molecule has 1 heterocycles. The van der Waals surface area contributed by atoms with Crippen molar-refractivity contribution in [2.45, 2.75) is 25.0 Å². The predicted molar refractivity (Wildman–Crippen MR) is 78.2 cm³/mol. The lowest BCUT2D eigenvalue weighted by molar-refractivity contribution is -0.145. The summed E-state index contributed by atoms with van der Waals surface area (Å²) in [7, 11) is 0. The Balaban J connectivity index is 1.88. The standard InChI is InChI=1S/C14H16BrNO5/c15-9-3-5-10(6-4-9)21-12(14(18)19)8-16-13(17)11-2-1-7-20-11/h3-6,11-12H,1-2,7-8H2,(H,16,17)(H,18,19). The molecule has 2 unspecified atom stereocenters. The van der Waals surface area contributed by atoms with Crippen LogP contribution in [0.3, 0.4) is 0 Å². The van der Waals surface area contributed by atoms with Crippen LogP contribution in [0.1, 0.15) is 12.8 Å². The van der Waals surface area contributed by atoms with Gasteiger partial charge in [0.1, 0.15) is 11.9 Å². The number of carbonyl (C=O) groups is 2. The van der Waals surface area contributed by atoms with E-state index < -0.39 is 18.2 Å². The van der Waals surface area contributed by atoms with E-state index in [-0.39, 0.29) is 12.5 Å². The first kappa shape index (κ1) is 15.8. The first-order chi connectivity index (χ1) is 10.1. The highest BCUT2D eigenvalue weighted by molar-refractivity contribution is 9.10. The van der Waals surface area contributed by atoms with E-state index in [1.54, 1.807) is 24.3 Å². The van der Waals surface area contributed by atoms with Crippen LogP contribution in [0.2, 0.25) is 0 Å². The van der Waals surface area contributed by atoms with E-state index in [0.717, 1.165) is 10.9 Å². The lowest BCUT2D eigenvalue weighted by Gasteiger charge is -2.17. The molecule has 1 aliphatic heterocycles. The molecule has 1 fully saturated rings.